The summed E-state index contributed by atoms with van der Waals surface area (Å²) in [6, 6.07) is 12.4. The van der Waals surface area contributed by atoms with Gasteiger partial charge in [0.15, 0.2) is 0 Å². The Labute approximate surface area is 239 Å². The molecular weight excluding hydrogens is 504 g/mol. The number of carbonyl (C=O) groups is 2. The standard InChI is InChI=1S/C34H46O6/c1-5-7-9-11-13-31(35)37-19-21-39-33-27-17-15-26(4)24-30(27)34(28-18-16-25(3)23-29(28)33)40-22-20-38-32(36)14-12-10-8-6-2/h15-18,23-24H,5-14,19-22H2,1-4H3. The highest BCUT2D eigenvalue weighted by atomic mass is 16.6. The van der Waals surface area contributed by atoms with Gasteiger partial charge in [0.2, 0.25) is 0 Å². The van der Waals surface area contributed by atoms with Crippen LogP contribution in [0.2, 0.25) is 0 Å². The molecular formula is C34H46O6. The average molecular weight is 551 g/mol. The first-order valence-corrected chi connectivity index (χ1v) is 15.0. The van der Waals surface area contributed by atoms with E-state index in [1.165, 1.54) is 0 Å². The molecule has 0 unspecified atom stereocenters. The minimum Gasteiger partial charge on any atom is -0.489 e. The molecule has 0 aliphatic carbocycles. The molecule has 0 spiro atoms. The number of ether oxygens (including phenoxy) is 4. The van der Waals surface area contributed by atoms with Gasteiger partial charge in [-0.3, -0.25) is 9.59 Å². The van der Waals surface area contributed by atoms with Gasteiger partial charge in [0.1, 0.15) is 37.9 Å². The molecule has 218 valence electrons. The molecule has 0 aromatic heterocycles. The van der Waals surface area contributed by atoms with E-state index in [-0.39, 0.29) is 38.4 Å². The van der Waals surface area contributed by atoms with Crippen LogP contribution in [-0.2, 0) is 19.1 Å². The highest BCUT2D eigenvalue weighted by Gasteiger charge is 2.17. The zero-order valence-corrected chi connectivity index (χ0v) is 24.8. The molecule has 0 atom stereocenters. The predicted molar refractivity (Wildman–Crippen MR) is 161 cm³/mol. The van der Waals surface area contributed by atoms with Crippen molar-refractivity contribution in [2.75, 3.05) is 26.4 Å². The van der Waals surface area contributed by atoms with E-state index in [0.717, 1.165) is 95.5 Å². The number of benzene rings is 3. The van der Waals surface area contributed by atoms with Crippen molar-refractivity contribution < 1.29 is 28.5 Å². The van der Waals surface area contributed by atoms with Gasteiger partial charge in [0.25, 0.3) is 0 Å². The van der Waals surface area contributed by atoms with Gasteiger partial charge in [-0.05, 0) is 38.8 Å². The summed E-state index contributed by atoms with van der Waals surface area (Å²) >= 11 is 0. The van der Waals surface area contributed by atoms with Crippen LogP contribution in [0.15, 0.2) is 36.4 Å². The summed E-state index contributed by atoms with van der Waals surface area (Å²) in [5.74, 6) is 1.15. The Morgan fingerprint density at radius 3 is 1.38 bits per heavy atom. The van der Waals surface area contributed by atoms with Crippen LogP contribution < -0.4 is 9.47 Å². The minimum atomic E-state index is -0.175. The normalized spacial score (nSPS) is 11.1. The van der Waals surface area contributed by atoms with Crippen molar-refractivity contribution in [1.29, 1.82) is 0 Å². The molecule has 0 amide bonds. The van der Waals surface area contributed by atoms with Crippen LogP contribution in [0.3, 0.4) is 0 Å². The molecule has 0 bridgehead atoms. The first-order valence-electron chi connectivity index (χ1n) is 15.0. The lowest BCUT2D eigenvalue weighted by Crippen LogP contribution is -2.13. The van der Waals surface area contributed by atoms with Gasteiger partial charge in [-0.1, -0.05) is 87.8 Å². The fourth-order valence-corrected chi connectivity index (χ4v) is 4.82. The summed E-state index contributed by atoms with van der Waals surface area (Å²) in [4.78, 5) is 24.2. The van der Waals surface area contributed by atoms with Crippen molar-refractivity contribution in [3.05, 3.63) is 47.5 Å². The summed E-state index contributed by atoms with van der Waals surface area (Å²) in [6.45, 7) is 9.33. The van der Waals surface area contributed by atoms with E-state index in [4.69, 9.17) is 18.9 Å². The van der Waals surface area contributed by atoms with E-state index in [1.807, 2.05) is 26.0 Å². The van der Waals surface area contributed by atoms with Crippen LogP contribution in [0.5, 0.6) is 11.5 Å². The molecule has 6 nitrogen and oxygen atoms in total. The molecule has 3 aromatic rings. The van der Waals surface area contributed by atoms with Crippen LogP contribution in [0.1, 0.15) is 89.2 Å². The number of fused-ring (bicyclic) bond motifs is 2. The second-order valence-electron chi connectivity index (χ2n) is 10.5. The molecule has 0 aliphatic heterocycles. The maximum absolute atomic E-state index is 12.1. The minimum absolute atomic E-state index is 0.175. The number of hydrogen-bond acceptors (Lipinski definition) is 6. The first kappa shape index (κ1) is 31.3. The van der Waals surface area contributed by atoms with Gasteiger partial charge in [0.05, 0.1) is 0 Å². The summed E-state index contributed by atoms with van der Waals surface area (Å²) in [7, 11) is 0. The van der Waals surface area contributed by atoms with Gasteiger partial charge in [-0.25, -0.2) is 0 Å². The van der Waals surface area contributed by atoms with Crippen LogP contribution in [-0.4, -0.2) is 38.4 Å². The fourth-order valence-electron chi connectivity index (χ4n) is 4.82. The molecule has 3 aromatic carbocycles. The lowest BCUT2D eigenvalue weighted by Gasteiger charge is -2.19. The Hall–Kier alpha value is -3.28. The maximum atomic E-state index is 12.1. The Kier molecular flexibility index (Phi) is 13.1. The molecule has 0 radical (unpaired) electrons. The molecule has 0 saturated carbocycles. The van der Waals surface area contributed by atoms with Gasteiger partial charge in [-0.2, -0.15) is 0 Å². The molecule has 0 saturated heterocycles. The van der Waals surface area contributed by atoms with E-state index in [0.29, 0.717) is 12.8 Å². The van der Waals surface area contributed by atoms with E-state index in [2.05, 4.69) is 38.1 Å². The molecule has 0 heterocycles. The predicted octanol–water partition coefficient (Wildman–Crippen LogP) is 8.39. The SMILES string of the molecule is CCCCCCC(=O)OCCOc1c2ccc(C)cc2c(OCCOC(=O)CCCCCC)c2ccc(C)cc12. The third kappa shape index (κ3) is 9.42. The van der Waals surface area contributed by atoms with Crippen molar-refractivity contribution in [3.8, 4) is 11.5 Å². The number of aryl methyl sites for hydroxylation is 2. The first-order chi connectivity index (χ1) is 19.4. The lowest BCUT2D eigenvalue weighted by molar-refractivity contribution is -0.145. The van der Waals surface area contributed by atoms with Crippen molar-refractivity contribution >= 4 is 33.5 Å². The Morgan fingerprint density at radius 2 is 0.975 bits per heavy atom. The van der Waals surface area contributed by atoms with Crippen LogP contribution >= 0.6 is 0 Å². The van der Waals surface area contributed by atoms with Gasteiger partial charge >= 0.3 is 11.9 Å². The molecule has 0 N–H and O–H groups in total. The molecule has 0 aliphatic rings. The Bertz CT molecular complexity index is 1150. The molecule has 40 heavy (non-hydrogen) atoms. The Balaban J connectivity index is 1.72. The lowest BCUT2D eigenvalue weighted by atomic mass is 9.98. The third-order valence-corrected chi connectivity index (χ3v) is 6.98. The molecule has 0 fully saturated rings. The van der Waals surface area contributed by atoms with E-state index < -0.39 is 0 Å². The number of hydrogen-bond donors (Lipinski definition) is 0. The highest BCUT2D eigenvalue weighted by Crippen LogP contribution is 2.43. The van der Waals surface area contributed by atoms with Crippen molar-refractivity contribution in [2.45, 2.75) is 91.9 Å². The van der Waals surface area contributed by atoms with Crippen LogP contribution in [0, 0.1) is 13.8 Å². The summed E-state index contributed by atoms with van der Waals surface area (Å²) in [6.07, 6.45) is 9.28. The summed E-state index contributed by atoms with van der Waals surface area (Å²) < 4.78 is 23.4. The summed E-state index contributed by atoms with van der Waals surface area (Å²) in [5.41, 5.74) is 2.20. The largest absolute Gasteiger partial charge is 0.489 e. The maximum Gasteiger partial charge on any atom is 0.305 e. The van der Waals surface area contributed by atoms with Crippen LogP contribution in [0.25, 0.3) is 21.5 Å². The van der Waals surface area contributed by atoms with Crippen molar-refractivity contribution in [2.24, 2.45) is 0 Å². The van der Waals surface area contributed by atoms with Crippen LogP contribution in [0.4, 0.5) is 0 Å². The zero-order chi connectivity index (χ0) is 28.7. The monoisotopic (exact) mass is 550 g/mol. The molecule has 6 heteroatoms. The fraction of sp³-hybridized carbons (Fsp3) is 0.529. The van der Waals surface area contributed by atoms with E-state index in [1.54, 1.807) is 0 Å². The quantitative estimate of drug-likeness (QED) is 0.0900. The number of unbranched alkanes of at least 4 members (excludes halogenated alkanes) is 6. The smallest absolute Gasteiger partial charge is 0.305 e. The van der Waals surface area contributed by atoms with Gasteiger partial charge in [0, 0.05) is 34.4 Å². The highest BCUT2D eigenvalue weighted by molar-refractivity contribution is 6.11. The van der Waals surface area contributed by atoms with Gasteiger partial charge in [-0.15, -0.1) is 0 Å². The van der Waals surface area contributed by atoms with E-state index >= 15 is 0 Å². The van der Waals surface area contributed by atoms with Gasteiger partial charge < -0.3 is 18.9 Å². The topological polar surface area (TPSA) is 71.1 Å². The number of carbonyl (C=O) groups excluding carboxylic acids is 2. The number of esters is 2. The number of rotatable bonds is 18. The average Bonchev–Trinajstić information content (AvgIpc) is 2.94. The van der Waals surface area contributed by atoms with E-state index in [9.17, 15) is 9.59 Å². The van der Waals surface area contributed by atoms with Crippen molar-refractivity contribution in [1.82, 2.24) is 0 Å². The summed E-state index contributed by atoms with van der Waals surface area (Å²) in [5, 5.41) is 3.73. The second-order valence-corrected chi connectivity index (χ2v) is 10.5. The Morgan fingerprint density at radius 1 is 0.550 bits per heavy atom. The van der Waals surface area contributed by atoms with Crippen molar-refractivity contribution in [3.63, 3.8) is 0 Å². The second kappa shape index (κ2) is 16.7. The third-order valence-electron chi connectivity index (χ3n) is 6.98. The zero-order valence-electron chi connectivity index (χ0n) is 24.8. The molecule has 3 rings (SSSR count).